The lowest BCUT2D eigenvalue weighted by molar-refractivity contribution is -0.384. The molecule has 1 aromatic rings. The van der Waals surface area contributed by atoms with Gasteiger partial charge < -0.3 is 5.32 Å². The number of thioether (sulfide) groups is 1. The highest BCUT2D eigenvalue weighted by molar-refractivity contribution is 7.99. The first-order valence-electron chi connectivity index (χ1n) is 5.48. The van der Waals surface area contributed by atoms with Crippen LogP contribution in [0, 0.1) is 21.4 Å². The fourth-order valence-corrected chi connectivity index (χ4v) is 2.35. The van der Waals surface area contributed by atoms with Gasteiger partial charge in [0.25, 0.3) is 5.69 Å². The van der Waals surface area contributed by atoms with Crippen molar-refractivity contribution < 1.29 is 4.92 Å². The molecule has 1 rings (SSSR count). The first-order valence-corrected chi connectivity index (χ1v) is 6.47. The van der Waals surface area contributed by atoms with Gasteiger partial charge in [-0.25, -0.2) is 0 Å². The van der Waals surface area contributed by atoms with Crippen LogP contribution in [0.5, 0.6) is 0 Å². The molecule has 6 heteroatoms. The Morgan fingerprint density at radius 3 is 2.56 bits per heavy atom. The summed E-state index contributed by atoms with van der Waals surface area (Å²) in [5.41, 5.74) is -0.426. The Labute approximate surface area is 110 Å². The van der Waals surface area contributed by atoms with Crippen molar-refractivity contribution in [1.29, 1.82) is 5.26 Å². The number of rotatable bonds is 6. The van der Waals surface area contributed by atoms with E-state index in [1.807, 2.05) is 6.92 Å². The van der Waals surface area contributed by atoms with Crippen LogP contribution in [-0.4, -0.2) is 23.3 Å². The van der Waals surface area contributed by atoms with Crippen molar-refractivity contribution in [3.05, 3.63) is 34.4 Å². The molecule has 0 aliphatic carbocycles. The number of nitro groups is 1. The molecule has 1 aromatic carbocycles. The van der Waals surface area contributed by atoms with Gasteiger partial charge in [0.1, 0.15) is 5.54 Å². The predicted molar refractivity (Wildman–Crippen MR) is 71.5 cm³/mol. The summed E-state index contributed by atoms with van der Waals surface area (Å²) in [7, 11) is 1.76. The lowest BCUT2D eigenvalue weighted by Gasteiger charge is -2.19. The molecule has 96 valence electrons. The third-order valence-corrected chi connectivity index (χ3v) is 3.73. The normalized spacial score (nSPS) is 13.6. The van der Waals surface area contributed by atoms with E-state index >= 15 is 0 Å². The van der Waals surface area contributed by atoms with Crippen LogP contribution in [0.2, 0.25) is 0 Å². The highest BCUT2D eigenvalue weighted by Gasteiger charge is 2.20. The monoisotopic (exact) mass is 265 g/mol. The molecule has 0 fully saturated rings. The molecular formula is C12H15N3O2S. The summed E-state index contributed by atoms with van der Waals surface area (Å²) in [4.78, 5) is 11.0. The Balaban J connectivity index is 2.50. The number of nitrogens with one attached hydrogen (secondary N) is 1. The minimum atomic E-state index is -0.520. The van der Waals surface area contributed by atoms with Gasteiger partial charge in [0, 0.05) is 22.8 Å². The van der Waals surface area contributed by atoms with Crippen molar-refractivity contribution in [2.75, 3.05) is 12.8 Å². The van der Waals surface area contributed by atoms with E-state index in [4.69, 9.17) is 5.26 Å². The first kappa shape index (κ1) is 14.5. The molecule has 0 aromatic heterocycles. The van der Waals surface area contributed by atoms with E-state index in [1.165, 1.54) is 12.1 Å². The van der Waals surface area contributed by atoms with Crippen LogP contribution >= 0.6 is 11.8 Å². The summed E-state index contributed by atoms with van der Waals surface area (Å²) in [6.07, 6.45) is 0.710. The largest absolute Gasteiger partial charge is 0.303 e. The second kappa shape index (κ2) is 6.38. The van der Waals surface area contributed by atoms with Crippen LogP contribution in [0.3, 0.4) is 0 Å². The van der Waals surface area contributed by atoms with Crippen LogP contribution in [0.25, 0.3) is 0 Å². The predicted octanol–water partition coefficient (Wildman–Crippen LogP) is 2.58. The standard InChI is InChI=1S/C12H15N3O2S/c1-12(9-13,14-2)7-8-18-11-5-3-10(4-6-11)15(16)17/h3-6,14H,7-8H2,1-2H3. The molecule has 0 heterocycles. The SMILES string of the molecule is CNC(C)(C#N)CCSc1ccc([N+](=O)[O-])cc1. The molecule has 5 nitrogen and oxygen atoms in total. The van der Waals surface area contributed by atoms with Crippen LogP contribution in [-0.2, 0) is 0 Å². The molecular weight excluding hydrogens is 250 g/mol. The van der Waals surface area contributed by atoms with Crippen molar-refractivity contribution in [3.8, 4) is 6.07 Å². The van der Waals surface area contributed by atoms with E-state index < -0.39 is 10.5 Å². The molecule has 1 atom stereocenters. The number of hydrogen-bond acceptors (Lipinski definition) is 5. The average Bonchev–Trinajstić information content (AvgIpc) is 2.39. The minimum Gasteiger partial charge on any atom is -0.303 e. The van der Waals surface area contributed by atoms with Crippen molar-refractivity contribution in [1.82, 2.24) is 5.32 Å². The van der Waals surface area contributed by atoms with Gasteiger partial charge >= 0.3 is 0 Å². The lowest BCUT2D eigenvalue weighted by Crippen LogP contribution is -2.38. The van der Waals surface area contributed by atoms with E-state index in [0.29, 0.717) is 6.42 Å². The molecule has 0 bridgehead atoms. The number of hydrogen-bond donors (Lipinski definition) is 1. The Bertz CT molecular complexity index is 455. The van der Waals surface area contributed by atoms with Gasteiger partial charge in [0.15, 0.2) is 0 Å². The lowest BCUT2D eigenvalue weighted by atomic mass is 10.0. The van der Waals surface area contributed by atoms with E-state index in [0.717, 1.165) is 10.6 Å². The first-order chi connectivity index (χ1) is 8.50. The summed E-state index contributed by atoms with van der Waals surface area (Å²) in [6.45, 7) is 1.85. The van der Waals surface area contributed by atoms with Gasteiger partial charge in [0.2, 0.25) is 0 Å². The maximum absolute atomic E-state index is 10.5. The number of nitrogens with zero attached hydrogens (tertiary/aromatic N) is 2. The van der Waals surface area contributed by atoms with Gasteiger partial charge in [-0.3, -0.25) is 10.1 Å². The van der Waals surface area contributed by atoms with E-state index in [1.54, 1.807) is 30.9 Å². The van der Waals surface area contributed by atoms with Gasteiger partial charge in [-0.2, -0.15) is 5.26 Å². The zero-order valence-electron chi connectivity index (χ0n) is 10.3. The third-order valence-electron chi connectivity index (χ3n) is 2.72. The van der Waals surface area contributed by atoms with E-state index in [2.05, 4.69) is 11.4 Å². The van der Waals surface area contributed by atoms with E-state index in [-0.39, 0.29) is 5.69 Å². The highest BCUT2D eigenvalue weighted by atomic mass is 32.2. The summed E-state index contributed by atoms with van der Waals surface area (Å²) in [5.74, 6) is 0.780. The van der Waals surface area contributed by atoms with Gasteiger partial charge in [-0.1, -0.05) is 0 Å². The molecule has 0 radical (unpaired) electrons. The van der Waals surface area contributed by atoms with Gasteiger partial charge in [-0.15, -0.1) is 11.8 Å². The molecule has 0 saturated carbocycles. The average molecular weight is 265 g/mol. The second-order valence-corrected chi connectivity index (χ2v) is 5.21. The van der Waals surface area contributed by atoms with Crippen LogP contribution in [0.1, 0.15) is 13.3 Å². The van der Waals surface area contributed by atoms with Crippen LogP contribution in [0.4, 0.5) is 5.69 Å². The summed E-state index contributed by atoms with van der Waals surface area (Å²) in [5, 5.41) is 22.4. The maximum atomic E-state index is 10.5. The fourth-order valence-electron chi connectivity index (χ4n) is 1.27. The number of non-ortho nitro benzene ring substituents is 1. The van der Waals surface area contributed by atoms with Crippen LogP contribution in [0.15, 0.2) is 29.2 Å². The number of benzene rings is 1. The second-order valence-electron chi connectivity index (χ2n) is 4.04. The summed E-state index contributed by atoms with van der Waals surface area (Å²) < 4.78 is 0. The van der Waals surface area contributed by atoms with Crippen molar-refractivity contribution in [2.24, 2.45) is 0 Å². The number of nitro benzene ring substituents is 1. The van der Waals surface area contributed by atoms with Gasteiger partial charge in [0.05, 0.1) is 11.0 Å². The minimum absolute atomic E-state index is 0.0939. The smallest absolute Gasteiger partial charge is 0.269 e. The molecule has 18 heavy (non-hydrogen) atoms. The molecule has 0 spiro atoms. The summed E-state index contributed by atoms with van der Waals surface area (Å²) in [6, 6.07) is 8.66. The molecule has 0 aliphatic rings. The van der Waals surface area contributed by atoms with Crippen molar-refractivity contribution in [2.45, 2.75) is 23.8 Å². The van der Waals surface area contributed by atoms with Crippen LogP contribution < -0.4 is 5.32 Å². The molecule has 0 amide bonds. The Morgan fingerprint density at radius 2 is 2.11 bits per heavy atom. The summed E-state index contributed by atoms with van der Waals surface area (Å²) >= 11 is 1.58. The molecule has 1 N–H and O–H groups in total. The highest BCUT2D eigenvalue weighted by Crippen LogP contribution is 2.23. The molecule has 0 aliphatic heterocycles. The third kappa shape index (κ3) is 4.02. The topological polar surface area (TPSA) is 79.0 Å². The zero-order chi connectivity index (χ0) is 13.6. The Hall–Kier alpha value is -1.58. The Morgan fingerprint density at radius 1 is 1.50 bits per heavy atom. The maximum Gasteiger partial charge on any atom is 0.269 e. The molecule has 0 saturated heterocycles. The zero-order valence-corrected chi connectivity index (χ0v) is 11.2. The Kier molecular flexibility index (Phi) is 5.13. The van der Waals surface area contributed by atoms with E-state index in [9.17, 15) is 10.1 Å². The van der Waals surface area contributed by atoms with Crippen molar-refractivity contribution >= 4 is 17.4 Å². The quantitative estimate of drug-likeness (QED) is 0.486. The fraction of sp³-hybridized carbons (Fsp3) is 0.417. The molecule has 1 unspecified atom stereocenters. The number of nitriles is 1. The van der Waals surface area contributed by atoms with Crippen molar-refractivity contribution in [3.63, 3.8) is 0 Å². The van der Waals surface area contributed by atoms with Gasteiger partial charge in [-0.05, 0) is 32.5 Å².